The maximum Gasteiger partial charge on any atom is 0.268 e. The number of anilines is 1. The van der Waals surface area contributed by atoms with Gasteiger partial charge in [0, 0.05) is 12.6 Å². The molecule has 0 radical (unpaired) electrons. The van der Waals surface area contributed by atoms with E-state index in [2.05, 4.69) is 10.2 Å². The van der Waals surface area contributed by atoms with Crippen LogP contribution < -0.4 is 9.64 Å². The molecule has 0 aliphatic carbocycles. The average Bonchev–Trinajstić information content (AvgIpc) is 2.68. The molecule has 1 atom stereocenters. The highest BCUT2D eigenvalue weighted by atomic mass is 16.5. The number of para-hydroxylation sites is 1. The van der Waals surface area contributed by atoms with Gasteiger partial charge >= 0.3 is 0 Å². The van der Waals surface area contributed by atoms with Gasteiger partial charge in [0.05, 0.1) is 5.69 Å². The third-order valence-corrected chi connectivity index (χ3v) is 3.80. The van der Waals surface area contributed by atoms with Crippen LogP contribution in [0, 0.1) is 0 Å². The van der Waals surface area contributed by atoms with Gasteiger partial charge in [-0.2, -0.15) is 0 Å². The fourth-order valence-electron chi connectivity index (χ4n) is 2.41. The van der Waals surface area contributed by atoms with E-state index >= 15 is 0 Å². The molecule has 3 aromatic rings. The van der Waals surface area contributed by atoms with Gasteiger partial charge in [-0.1, -0.05) is 48.5 Å². The second-order valence-corrected chi connectivity index (χ2v) is 5.61. The van der Waals surface area contributed by atoms with E-state index in [-0.39, 0.29) is 5.91 Å². The molecule has 0 N–H and O–H groups in total. The molecule has 0 aliphatic rings. The van der Waals surface area contributed by atoms with E-state index in [4.69, 9.17) is 4.74 Å². The summed E-state index contributed by atoms with van der Waals surface area (Å²) in [4.78, 5) is 14.0. The van der Waals surface area contributed by atoms with Crippen molar-refractivity contribution in [2.45, 2.75) is 13.0 Å². The van der Waals surface area contributed by atoms with Gasteiger partial charge in [-0.3, -0.25) is 9.69 Å². The van der Waals surface area contributed by atoms with Gasteiger partial charge in [-0.05, 0) is 31.2 Å². The van der Waals surface area contributed by atoms with Crippen LogP contribution in [0.4, 0.5) is 5.82 Å². The van der Waals surface area contributed by atoms with Crippen molar-refractivity contribution in [3.05, 3.63) is 72.8 Å². The van der Waals surface area contributed by atoms with Gasteiger partial charge in [0.2, 0.25) is 0 Å². The Labute approximate surface area is 146 Å². The average molecular weight is 333 g/mol. The Morgan fingerprint density at radius 2 is 1.56 bits per heavy atom. The van der Waals surface area contributed by atoms with Gasteiger partial charge in [-0.25, -0.2) is 0 Å². The van der Waals surface area contributed by atoms with Crippen molar-refractivity contribution in [3.63, 3.8) is 0 Å². The number of hydrogen-bond acceptors (Lipinski definition) is 4. The van der Waals surface area contributed by atoms with Crippen molar-refractivity contribution < 1.29 is 9.53 Å². The molecule has 1 heterocycles. The SMILES string of the molecule is C[C@H](Oc1ccccc1)C(=O)N(C)c1ccc(-c2ccccc2)nn1. The number of amides is 1. The number of hydrogen-bond donors (Lipinski definition) is 0. The van der Waals surface area contributed by atoms with Crippen LogP contribution in [0.15, 0.2) is 72.8 Å². The van der Waals surface area contributed by atoms with Crippen LogP contribution in [-0.4, -0.2) is 29.3 Å². The number of ether oxygens (including phenoxy) is 1. The molecule has 0 unspecified atom stereocenters. The number of aromatic nitrogens is 2. The zero-order valence-electron chi connectivity index (χ0n) is 14.2. The van der Waals surface area contributed by atoms with E-state index in [0.29, 0.717) is 11.6 Å². The first-order valence-electron chi connectivity index (χ1n) is 8.03. The van der Waals surface area contributed by atoms with Crippen molar-refractivity contribution in [2.24, 2.45) is 0 Å². The lowest BCUT2D eigenvalue weighted by molar-refractivity contribution is -0.124. The maximum absolute atomic E-state index is 12.5. The van der Waals surface area contributed by atoms with Gasteiger partial charge in [0.1, 0.15) is 5.75 Å². The van der Waals surface area contributed by atoms with Gasteiger partial charge in [0.15, 0.2) is 11.9 Å². The van der Waals surface area contributed by atoms with Crippen molar-refractivity contribution in [1.29, 1.82) is 0 Å². The Balaban J connectivity index is 1.69. The highest BCUT2D eigenvalue weighted by Crippen LogP contribution is 2.18. The number of carbonyl (C=O) groups excluding carboxylic acids is 1. The molecule has 5 nitrogen and oxygen atoms in total. The van der Waals surface area contributed by atoms with Crippen molar-refractivity contribution in [2.75, 3.05) is 11.9 Å². The molecule has 0 aliphatic heterocycles. The summed E-state index contributed by atoms with van der Waals surface area (Å²) in [6.45, 7) is 1.72. The summed E-state index contributed by atoms with van der Waals surface area (Å²) in [5, 5.41) is 8.38. The zero-order valence-corrected chi connectivity index (χ0v) is 14.2. The van der Waals surface area contributed by atoms with E-state index in [1.807, 2.05) is 66.7 Å². The number of rotatable bonds is 5. The lowest BCUT2D eigenvalue weighted by atomic mass is 10.1. The first kappa shape index (κ1) is 16.6. The summed E-state index contributed by atoms with van der Waals surface area (Å²) in [5.41, 5.74) is 1.75. The molecule has 25 heavy (non-hydrogen) atoms. The van der Waals surface area contributed by atoms with Crippen molar-refractivity contribution in [3.8, 4) is 17.0 Å². The molecule has 3 rings (SSSR count). The molecule has 5 heteroatoms. The summed E-state index contributed by atoms with van der Waals surface area (Å²) in [5.74, 6) is 0.945. The standard InChI is InChI=1S/C20H19N3O2/c1-15(25-17-11-7-4-8-12-17)20(24)23(2)19-14-13-18(21-22-19)16-9-5-3-6-10-16/h3-15H,1-2H3/t15-/m0/s1. The summed E-state index contributed by atoms with van der Waals surface area (Å²) in [6, 6.07) is 22.7. The highest BCUT2D eigenvalue weighted by Gasteiger charge is 2.21. The highest BCUT2D eigenvalue weighted by molar-refractivity contribution is 5.95. The van der Waals surface area contributed by atoms with E-state index in [9.17, 15) is 4.79 Å². The number of benzene rings is 2. The summed E-state index contributed by atoms with van der Waals surface area (Å²) < 4.78 is 5.67. The summed E-state index contributed by atoms with van der Waals surface area (Å²) >= 11 is 0. The second-order valence-electron chi connectivity index (χ2n) is 5.61. The number of carbonyl (C=O) groups is 1. The Kier molecular flexibility index (Phi) is 5.04. The van der Waals surface area contributed by atoms with E-state index in [0.717, 1.165) is 11.3 Å². The Hall–Kier alpha value is -3.21. The molecule has 0 fully saturated rings. The quantitative estimate of drug-likeness (QED) is 0.716. The molecular weight excluding hydrogens is 314 g/mol. The lowest BCUT2D eigenvalue weighted by Gasteiger charge is -2.21. The summed E-state index contributed by atoms with van der Waals surface area (Å²) in [6.07, 6.45) is -0.622. The maximum atomic E-state index is 12.5. The molecule has 0 bridgehead atoms. The molecule has 126 valence electrons. The topological polar surface area (TPSA) is 55.3 Å². The molecule has 0 spiro atoms. The zero-order chi connectivity index (χ0) is 17.6. The minimum absolute atomic E-state index is 0.189. The van der Waals surface area contributed by atoms with E-state index < -0.39 is 6.10 Å². The van der Waals surface area contributed by atoms with Crippen LogP contribution in [-0.2, 0) is 4.79 Å². The van der Waals surface area contributed by atoms with Gasteiger partial charge in [-0.15, -0.1) is 10.2 Å². The smallest absolute Gasteiger partial charge is 0.268 e. The largest absolute Gasteiger partial charge is 0.481 e. The first-order valence-corrected chi connectivity index (χ1v) is 8.03. The lowest BCUT2D eigenvalue weighted by Crippen LogP contribution is -2.38. The summed E-state index contributed by atoms with van der Waals surface area (Å²) in [7, 11) is 1.67. The van der Waals surface area contributed by atoms with Crippen LogP contribution in [0.5, 0.6) is 5.75 Å². The van der Waals surface area contributed by atoms with Crippen LogP contribution >= 0.6 is 0 Å². The van der Waals surface area contributed by atoms with E-state index in [1.54, 1.807) is 20.0 Å². The van der Waals surface area contributed by atoms with Gasteiger partial charge in [0.25, 0.3) is 5.91 Å². The third-order valence-electron chi connectivity index (χ3n) is 3.80. The fourth-order valence-corrected chi connectivity index (χ4v) is 2.41. The third kappa shape index (κ3) is 4.01. The molecule has 1 amide bonds. The van der Waals surface area contributed by atoms with Crippen LogP contribution in [0.3, 0.4) is 0 Å². The van der Waals surface area contributed by atoms with Crippen LogP contribution in [0.25, 0.3) is 11.3 Å². The monoisotopic (exact) mass is 333 g/mol. The molecule has 1 aromatic heterocycles. The molecule has 0 saturated carbocycles. The van der Waals surface area contributed by atoms with Crippen molar-refractivity contribution in [1.82, 2.24) is 10.2 Å². The van der Waals surface area contributed by atoms with Crippen molar-refractivity contribution >= 4 is 11.7 Å². The van der Waals surface area contributed by atoms with Crippen LogP contribution in [0.2, 0.25) is 0 Å². The minimum atomic E-state index is -0.622. The molecular formula is C20H19N3O2. The van der Waals surface area contributed by atoms with Gasteiger partial charge < -0.3 is 4.74 Å². The molecule has 0 saturated heterocycles. The van der Waals surface area contributed by atoms with E-state index in [1.165, 1.54) is 4.90 Å². The Morgan fingerprint density at radius 3 is 2.16 bits per heavy atom. The van der Waals surface area contributed by atoms with Crippen LogP contribution in [0.1, 0.15) is 6.92 Å². The number of likely N-dealkylation sites (N-methyl/N-ethyl adjacent to an activating group) is 1. The Bertz CT molecular complexity index is 821. The second kappa shape index (κ2) is 7.57. The normalized spacial score (nSPS) is 11.6. The minimum Gasteiger partial charge on any atom is -0.481 e. The fraction of sp³-hybridized carbons (Fsp3) is 0.150. The molecule has 2 aromatic carbocycles. The first-order chi connectivity index (χ1) is 12.1. The predicted octanol–water partition coefficient (Wildman–Crippen LogP) is 3.57. The predicted molar refractivity (Wildman–Crippen MR) is 97.4 cm³/mol. The number of nitrogens with zero attached hydrogens (tertiary/aromatic N) is 3. The Morgan fingerprint density at radius 1 is 0.920 bits per heavy atom.